The fourth-order valence-electron chi connectivity index (χ4n) is 2.08. The number of imidazole rings is 1. The van der Waals surface area contributed by atoms with Gasteiger partial charge >= 0.3 is 0 Å². The first-order chi connectivity index (χ1) is 7.40. The molecule has 1 aliphatic rings. The predicted molar refractivity (Wildman–Crippen MR) is 59.9 cm³/mol. The van der Waals surface area contributed by atoms with Crippen LogP contribution in [0.5, 0.6) is 0 Å². The van der Waals surface area contributed by atoms with Crippen LogP contribution in [-0.4, -0.2) is 15.9 Å². The number of hydrogen-bond acceptors (Lipinski definition) is 2. The minimum atomic E-state index is 0.672. The van der Waals surface area contributed by atoms with Gasteiger partial charge < -0.3 is 10.1 Å². The third kappa shape index (κ3) is 1.43. The molecule has 2 aromatic rings. The summed E-state index contributed by atoms with van der Waals surface area (Å²) in [6, 6.07) is 6.25. The molecule has 0 atom stereocenters. The standard InChI is InChI=1S/C12H15N3/c13-7-6-10-11-3-1-2-8-15(11)12(14-10)9-4-5-9/h1-3,8-9H,4-7,13H2. The maximum Gasteiger partial charge on any atom is 0.116 e. The van der Waals surface area contributed by atoms with E-state index in [-0.39, 0.29) is 0 Å². The summed E-state index contributed by atoms with van der Waals surface area (Å²) in [7, 11) is 0. The minimum absolute atomic E-state index is 0.672. The Morgan fingerprint density at radius 3 is 3.00 bits per heavy atom. The van der Waals surface area contributed by atoms with Gasteiger partial charge in [-0.1, -0.05) is 6.07 Å². The summed E-state index contributed by atoms with van der Waals surface area (Å²) in [6.07, 6.45) is 5.56. The van der Waals surface area contributed by atoms with E-state index in [1.54, 1.807) is 0 Å². The van der Waals surface area contributed by atoms with Crippen molar-refractivity contribution >= 4 is 5.52 Å². The zero-order chi connectivity index (χ0) is 10.3. The van der Waals surface area contributed by atoms with E-state index in [1.807, 2.05) is 0 Å². The number of aromatic nitrogens is 2. The summed E-state index contributed by atoms with van der Waals surface area (Å²) in [5, 5.41) is 0. The van der Waals surface area contributed by atoms with Gasteiger partial charge in [-0.3, -0.25) is 0 Å². The predicted octanol–water partition coefficient (Wildman–Crippen LogP) is 1.71. The average molecular weight is 201 g/mol. The average Bonchev–Trinajstić information content (AvgIpc) is 3.04. The van der Waals surface area contributed by atoms with Gasteiger partial charge in [0.05, 0.1) is 11.2 Å². The molecular formula is C12H15N3. The van der Waals surface area contributed by atoms with Crippen LogP contribution in [-0.2, 0) is 6.42 Å². The maximum absolute atomic E-state index is 5.60. The van der Waals surface area contributed by atoms with Crippen LogP contribution in [0.4, 0.5) is 0 Å². The SMILES string of the molecule is NCCc1nc(C2CC2)n2ccccc12. The molecule has 3 heteroatoms. The molecule has 0 unspecified atom stereocenters. The van der Waals surface area contributed by atoms with Crippen LogP contribution in [0.15, 0.2) is 24.4 Å². The summed E-state index contributed by atoms with van der Waals surface area (Å²) >= 11 is 0. The second-order valence-corrected chi connectivity index (χ2v) is 4.19. The Labute approximate surface area is 88.9 Å². The molecule has 0 saturated heterocycles. The van der Waals surface area contributed by atoms with E-state index in [0.717, 1.165) is 12.1 Å². The molecule has 2 aromatic heterocycles. The van der Waals surface area contributed by atoms with Gasteiger partial charge in [0, 0.05) is 18.5 Å². The molecule has 0 radical (unpaired) electrons. The summed E-state index contributed by atoms with van der Waals surface area (Å²) in [4.78, 5) is 4.72. The van der Waals surface area contributed by atoms with Crippen molar-refractivity contribution in [2.45, 2.75) is 25.2 Å². The van der Waals surface area contributed by atoms with Gasteiger partial charge in [0.15, 0.2) is 0 Å². The van der Waals surface area contributed by atoms with Crippen LogP contribution in [0, 0.1) is 0 Å². The van der Waals surface area contributed by atoms with Crippen LogP contribution >= 0.6 is 0 Å². The molecule has 2 N–H and O–H groups in total. The van der Waals surface area contributed by atoms with Crippen LogP contribution in [0.25, 0.3) is 5.52 Å². The van der Waals surface area contributed by atoms with Gasteiger partial charge in [-0.05, 0) is 31.5 Å². The highest BCUT2D eigenvalue weighted by molar-refractivity contribution is 5.54. The normalized spacial score (nSPS) is 16.1. The van der Waals surface area contributed by atoms with Crippen molar-refractivity contribution in [1.29, 1.82) is 0 Å². The lowest BCUT2D eigenvalue weighted by molar-refractivity contribution is 0.891. The van der Waals surface area contributed by atoms with Crippen molar-refractivity contribution in [3.63, 3.8) is 0 Å². The molecule has 15 heavy (non-hydrogen) atoms. The summed E-state index contributed by atoms with van der Waals surface area (Å²) < 4.78 is 2.22. The van der Waals surface area contributed by atoms with Gasteiger partial charge in [0.25, 0.3) is 0 Å². The van der Waals surface area contributed by atoms with Crippen molar-refractivity contribution < 1.29 is 0 Å². The number of nitrogens with two attached hydrogens (primary N) is 1. The van der Waals surface area contributed by atoms with E-state index in [4.69, 9.17) is 10.7 Å². The molecule has 0 aromatic carbocycles. The highest BCUT2D eigenvalue weighted by Gasteiger charge is 2.28. The quantitative estimate of drug-likeness (QED) is 0.821. The first-order valence-corrected chi connectivity index (χ1v) is 5.56. The van der Waals surface area contributed by atoms with Gasteiger partial charge in [0.2, 0.25) is 0 Å². The number of rotatable bonds is 3. The second kappa shape index (κ2) is 3.35. The van der Waals surface area contributed by atoms with E-state index >= 15 is 0 Å². The number of hydrogen-bond donors (Lipinski definition) is 1. The van der Waals surface area contributed by atoms with Crippen molar-refractivity contribution in [3.05, 3.63) is 35.9 Å². The van der Waals surface area contributed by atoms with Gasteiger partial charge in [-0.15, -0.1) is 0 Å². The monoisotopic (exact) mass is 201 g/mol. The lowest BCUT2D eigenvalue weighted by Gasteiger charge is -1.97. The highest BCUT2D eigenvalue weighted by atomic mass is 15.0. The Bertz CT molecular complexity index is 483. The Hall–Kier alpha value is -1.35. The molecule has 78 valence electrons. The van der Waals surface area contributed by atoms with Crippen LogP contribution < -0.4 is 5.73 Å². The van der Waals surface area contributed by atoms with E-state index in [1.165, 1.54) is 24.2 Å². The van der Waals surface area contributed by atoms with E-state index in [9.17, 15) is 0 Å². The molecule has 1 aliphatic carbocycles. The molecule has 1 saturated carbocycles. The Kier molecular flexibility index (Phi) is 1.99. The van der Waals surface area contributed by atoms with Crippen LogP contribution in [0.3, 0.4) is 0 Å². The first-order valence-electron chi connectivity index (χ1n) is 5.56. The highest BCUT2D eigenvalue weighted by Crippen LogP contribution is 2.39. The molecule has 1 fully saturated rings. The van der Waals surface area contributed by atoms with Crippen LogP contribution in [0.2, 0.25) is 0 Å². The molecule has 0 spiro atoms. The second-order valence-electron chi connectivity index (χ2n) is 4.19. The van der Waals surface area contributed by atoms with Crippen molar-refractivity contribution in [1.82, 2.24) is 9.38 Å². The number of nitrogens with zero attached hydrogens (tertiary/aromatic N) is 2. The van der Waals surface area contributed by atoms with Crippen molar-refractivity contribution in [3.8, 4) is 0 Å². The van der Waals surface area contributed by atoms with E-state index in [0.29, 0.717) is 12.5 Å². The molecule has 2 heterocycles. The minimum Gasteiger partial charge on any atom is -0.330 e. The topological polar surface area (TPSA) is 43.3 Å². The molecular weight excluding hydrogens is 186 g/mol. The summed E-state index contributed by atoms with van der Waals surface area (Å²) in [6.45, 7) is 0.672. The van der Waals surface area contributed by atoms with Gasteiger partial charge in [-0.2, -0.15) is 0 Å². The summed E-state index contributed by atoms with van der Waals surface area (Å²) in [5.41, 5.74) is 7.98. The lowest BCUT2D eigenvalue weighted by atomic mass is 10.2. The molecule has 0 amide bonds. The van der Waals surface area contributed by atoms with Gasteiger partial charge in [0.1, 0.15) is 5.82 Å². The zero-order valence-electron chi connectivity index (χ0n) is 8.69. The molecule has 0 bridgehead atoms. The molecule has 3 rings (SSSR count). The molecule has 0 aliphatic heterocycles. The van der Waals surface area contributed by atoms with Crippen LogP contribution in [0.1, 0.15) is 30.3 Å². The smallest absolute Gasteiger partial charge is 0.116 e. The molecule has 3 nitrogen and oxygen atoms in total. The number of pyridine rings is 1. The zero-order valence-corrected chi connectivity index (χ0v) is 8.69. The van der Waals surface area contributed by atoms with E-state index < -0.39 is 0 Å². The lowest BCUT2D eigenvalue weighted by Crippen LogP contribution is -2.03. The van der Waals surface area contributed by atoms with Crippen molar-refractivity contribution in [2.24, 2.45) is 5.73 Å². The van der Waals surface area contributed by atoms with E-state index in [2.05, 4.69) is 28.8 Å². The third-order valence-electron chi connectivity index (χ3n) is 2.98. The Balaban J connectivity index is 2.18. The fraction of sp³-hybridized carbons (Fsp3) is 0.417. The van der Waals surface area contributed by atoms with Crippen molar-refractivity contribution in [2.75, 3.05) is 6.54 Å². The number of fused-ring (bicyclic) bond motifs is 1. The van der Waals surface area contributed by atoms with Gasteiger partial charge in [-0.25, -0.2) is 4.98 Å². The summed E-state index contributed by atoms with van der Waals surface area (Å²) in [5.74, 6) is 1.92. The third-order valence-corrected chi connectivity index (χ3v) is 2.98. The Morgan fingerprint density at radius 1 is 1.40 bits per heavy atom. The fourth-order valence-corrected chi connectivity index (χ4v) is 2.08. The largest absolute Gasteiger partial charge is 0.330 e. The first kappa shape index (κ1) is 8.92. The Morgan fingerprint density at radius 2 is 2.27 bits per heavy atom. The maximum atomic E-state index is 5.60.